The lowest BCUT2D eigenvalue weighted by Gasteiger charge is -2.25. The highest BCUT2D eigenvalue weighted by Gasteiger charge is 2.14. The fraction of sp³-hybridized carbons (Fsp3) is 0.0625. The average Bonchev–Trinajstić information content (AvgIpc) is 2.90. The number of hydrogen-bond donors (Lipinski definition) is 0. The van der Waals surface area contributed by atoms with E-state index >= 15 is 0 Å². The number of halogens is 1. The molecule has 0 aliphatic heterocycles. The van der Waals surface area contributed by atoms with Crippen LogP contribution in [0.15, 0.2) is 55.0 Å². The Morgan fingerprint density at radius 1 is 1.25 bits per heavy atom. The standard InChI is InChI=1S/C16H12FN3/c1-2-10-19(16-7-9-18-12-14(16)17)20-11-8-13-5-3-4-6-15(13)20/h1,3-9,11-12H,10H2. The molecule has 98 valence electrons. The van der Waals surface area contributed by atoms with Crippen molar-refractivity contribution in [2.75, 3.05) is 11.6 Å². The Labute approximate surface area is 116 Å². The lowest BCUT2D eigenvalue weighted by Crippen LogP contribution is -2.30. The number of anilines is 1. The highest BCUT2D eigenvalue weighted by atomic mass is 19.1. The molecule has 0 bridgehead atoms. The van der Waals surface area contributed by atoms with Crippen molar-refractivity contribution >= 4 is 16.6 Å². The Hall–Kier alpha value is -2.80. The molecule has 0 amide bonds. The number of aromatic nitrogens is 2. The van der Waals surface area contributed by atoms with E-state index < -0.39 is 5.82 Å². The summed E-state index contributed by atoms with van der Waals surface area (Å²) < 4.78 is 15.8. The second-order valence-corrected chi connectivity index (χ2v) is 4.31. The van der Waals surface area contributed by atoms with Crippen molar-refractivity contribution in [2.24, 2.45) is 0 Å². The molecule has 20 heavy (non-hydrogen) atoms. The summed E-state index contributed by atoms with van der Waals surface area (Å²) in [5.74, 6) is 2.16. The van der Waals surface area contributed by atoms with Crippen molar-refractivity contribution in [1.82, 2.24) is 9.66 Å². The third kappa shape index (κ3) is 1.99. The topological polar surface area (TPSA) is 21.1 Å². The number of pyridine rings is 1. The maximum atomic E-state index is 14.0. The third-order valence-corrected chi connectivity index (χ3v) is 3.11. The van der Waals surface area contributed by atoms with E-state index in [9.17, 15) is 4.39 Å². The van der Waals surface area contributed by atoms with E-state index in [-0.39, 0.29) is 6.54 Å². The molecule has 2 aromatic heterocycles. The van der Waals surface area contributed by atoms with Gasteiger partial charge < -0.3 is 0 Å². The van der Waals surface area contributed by atoms with E-state index in [2.05, 4.69) is 10.9 Å². The lowest BCUT2D eigenvalue weighted by molar-refractivity contribution is 0.606. The minimum Gasteiger partial charge on any atom is -0.266 e. The Balaban J connectivity index is 2.17. The summed E-state index contributed by atoms with van der Waals surface area (Å²) in [5, 5.41) is 2.78. The van der Waals surface area contributed by atoms with Gasteiger partial charge in [0, 0.05) is 17.8 Å². The van der Waals surface area contributed by atoms with Crippen molar-refractivity contribution in [2.45, 2.75) is 0 Å². The van der Waals surface area contributed by atoms with Gasteiger partial charge in [-0.3, -0.25) is 14.7 Å². The molecule has 0 atom stereocenters. The number of rotatable bonds is 3. The highest BCUT2D eigenvalue weighted by molar-refractivity contribution is 5.81. The predicted octanol–water partition coefficient (Wildman–Crippen LogP) is 3.08. The van der Waals surface area contributed by atoms with E-state index in [1.165, 1.54) is 6.20 Å². The van der Waals surface area contributed by atoms with E-state index in [0.717, 1.165) is 10.9 Å². The van der Waals surface area contributed by atoms with Crippen LogP contribution in [0.4, 0.5) is 10.1 Å². The van der Waals surface area contributed by atoms with E-state index in [1.54, 1.807) is 17.3 Å². The summed E-state index contributed by atoms with van der Waals surface area (Å²) in [6, 6.07) is 11.5. The molecule has 0 aliphatic rings. The van der Waals surface area contributed by atoms with Crippen LogP contribution in [0.2, 0.25) is 0 Å². The third-order valence-electron chi connectivity index (χ3n) is 3.11. The van der Waals surface area contributed by atoms with Crippen LogP contribution >= 0.6 is 0 Å². The van der Waals surface area contributed by atoms with Gasteiger partial charge in [-0.05, 0) is 18.2 Å². The number of fused-ring (bicyclic) bond motifs is 1. The average molecular weight is 265 g/mol. The van der Waals surface area contributed by atoms with Gasteiger partial charge in [0.15, 0.2) is 5.82 Å². The van der Waals surface area contributed by atoms with Crippen molar-refractivity contribution in [1.29, 1.82) is 0 Å². The molecule has 3 nitrogen and oxygen atoms in total. The van der Waals surface area contributed by atoms with E-state index in [1.807, 2.05) is 41.2 Å². The number of nitrogens with zero attached hydrogens (tertiary/aromatic N) is 3. The van der Waals surface area contributed by atoms with Gasteiger partial charge in [-0.25, -0.2) is 4.39 Å². The molecule has 0 N–H and O–H groups in total. The zero-order valence-electron chi connectivity index (χ0n) is 10.7. The summed E-state index contributed by atoms with van der Waals surface area (Å²) in [5.41, 5.74) is 1.37. The first-order chi connectivity index (χ1) is 9.81. The van der Waals surface area contributed by atoms with Crippen LogP contribution in [0.25, 0.3) is 10.9 Å². The van der Waals surface area contributed by atoms with Crippen LogP contribution in [0, 0.1) is 18.2 Å². The van der Waals surface area contributed by atoms with Gasteiger partial charge >= 0.3 is 0 Å². The van der Waals surface area contributed by atoms with Crippen LogP contribution in [-0.2, 0) is 0 Å². The van der Waals surface area contributed by atoms with Crippen molar-refractivity contribution in [3.8, 4) is 12.3 Å². The predicted molar refractivity (Wildman–Crippen MR) is 77.7 cm³/mol. The Morgan fingerprint density at radius 3 is 2.90 bits per heavy atom. The molecule has 0 radical (unpaired) electrons. The second-order valence-electron chi connectivity index (χ2n) is 4.31. The molecule has 0 aliphatic carbocycles. The van der Waals surface area contributed by atoms with Gasteiger partial charge in [0.25, 0.3) is 0 Å². The zero-order chi connectivity index (χ0) is 13.9. The van der Waals surface area contributed by atoms with Crippen molar-refractivity contribution < 1.29 is 4.39 Å². The highest BCUT2D eigenvalue weighted by Crippen LogP contribution is 2.23. The summed E-state index contributed by atoms with van der Waals surface area (Å²) >= 11 is 0. The smallest absolute Gasteiger partial charge is 0.166 e. The maximum absolute atomic E-state index is 14.0. The van der Waals surface area contributed by atoms with E-state index in [4.69, 9.17) is 6.42 Å². The molecule has 0 fully saturated rings. The summed E-state index contributed by atoms with van der Waals surface area (Å²) in [6.45, 7) is 0.263. The fourth-order valence-corrected chi connectivity index (χ4v) is 2.22. The first-order valence-electron chi connectivity index (χ1n) is 6.18. The molecule has 3 rings (SSSR count). The largest absolute Gasteiger partial charge is 0.266 e. The molecule has 0 spiro atoms. The van der Waals surface area contributed by atoms with Crippen LogP contribution in [0.5, 0.6) is 0 Å². The number of para-hydroxylation sites is 1. The van der Waals surface area contributed by atoms with Gasteiger partial charge in [0.2, 0.25) is 0 Å². The Morgan fingerprint density at radius 2 is 2.10 bits per heavy atom. The zero-order valence-corrected chi connectivity index (χ0v) is 10.7. The van der Waals surface area contributed by atoms with Gasteiger partial charge in [-0.15, -0.1) is 6.42 Å². The van der Waals surface area contributed by atoms with Gasteiger partial charge in [0.1, 0.15) is 6.54 Å². The van der Waals surface area contributed by atoms with Crippen molar-refractivity contribution in [3.63, 3.8) is 0 Å². The summed E-state index contributed by atoms with van der Waals surface area (Å²) in [7, 11) is 0. The first kappa shape index (κ1) is 12.2. The Kier molecular flexibility index (Phi) is 3.10. The summed E-state index contributed by atoms with van der Waals surface area (Å²) in [4.78, 5) is 3.77. The number of hydrogen-bond acceptors (Lipinski definition) is 2. The SMILES string of the molecule is C#CCN(c1ccncc1F)n1ccc2ccccc21. The maximum Gasteiger partial charge on any atom is 0.166 e. The molecule has 1 aromatic carbocycles. The van der Waals surface area contributed by atoms with Crippen LogP contribution in [0.3, 0.4) is 0 Å². The minimum atomic E-state index is -0.402. The molecule has 0 unspecified atom stereocenters. The molecule has 0 saturated carbocycles. The molecule has 0 saturated heterocycles. The molecular formula is C16H12FN3. The monoisotopic (exact) mass is 265 g/mol. The first-order valence-corrected chi connectivity index (χ1v) is 6.18. The normalized spacial score (nSPS) is 10.4. The second kappa shape index (κ2) is 5.06. The molecule has 2 heterocycles. The van der Waals surface area contributed by atoms with Crippen LogP contribution < -0.4 is 5.01 Å². The lowest BCUT2D eigenvalue weighted by atomic mass is 10.2. The van der Waals surface area contributed by atoms with Crippen molar-refractivity contribution in [3.05, 3.63) is 60.8 Å². The Bertz CT molecular complexity index is 786. The van der Waals surface area contributed by atoms with Crippen LogP contribution in [0.1, 0.15) is 0 Å². The molecule has 3 aromatic rings. The van der Waals surface area contributed by atoms with E-state index in [0.29, 0.717) is 5.69 Å². The van der Waals surface area contributed by atoms with Gasteiger partial charge in [0.05, 0.1) is 17.4 Å². The summed E-state index contributed by atoms with van der Waals surface area (Å²) in [6.07, 6.45) is 10.0. The molecular weight excluding hydrogens is 253 g/mol. The molecule has 4 heteroatoms. The quantitative estimate of drug-likeness (QED) is 0.679. The van der Waals surface area contributed by atoms with Gasteiger partial charge in [-0.1, -0.05) is 24.1 Å². The van der Waals surface area contributed by atoms with Crippen LogP contribution in [-0.4, -0.2) is 16.2 Å². The minimum absolute atomic E-state index is 0.263. The number of terminal acetylenes is 1. The van der Waals surface area contributed by atoms with Gasteiger partial charge in [-0.2, -0.15) is 0 Å². The fourth-order valence-electron chi connectivity index (χ4n) is 2.22. The number of benzene rings is 1.